The predicted octanol–water partition coefficient (Wildman–Crippen LogP) is 7.36. The maximum Gasteiger partial charge on any atom is 0.416 e. The van der Waals surface area contributed by atoms with Crippen LogP contribution < -0.4 is 5.32 Å². The van der Waals surface area contributed by atoms with Crippen molar-refractivity contribution in [1.82, 2.24) is 15.1 Å². The van der Waals surface area contributed by atoms with Gasteiger partial charge in [0, 0.05) is 31.7 Å². The number of carbonyl (C=O) groups excluding carboxylic acids is 2. The van der Waals surface area contributed by atoms with Gasteiger partial charge in [0.25, 0.3) is 5.91 Å². The van der Waals surface area contributed by atoms with Crippen LogP contribution in [0.5, 0.6) is 0 Å². The lowest BCUT2D eigenvalue weighted by atomic mass is 9.89. The highest BCUT2D eigenvalue weighted by Gasteiger charge is 2.38. The lowest BCUT2D eigenvalue weighted by molar-refractivity contribution is -0.143. The normalized spacial score (nSPS) is 17.6. The number of hydrogen-bond acceptors (Lipinski definition) is 2. The number of alkyl halides is 6. The molecule has 1 aliphatic rings. The Bertz CT molecular complexity index is 1410. The molecule has 1 N–H and O–H groups in total. The Morgan fingerprint density at radius 1 is 0.929 bits per heavy atom. The summed E-state index contributed by atoms with van der Waals surface area (Å²) < 4.78 is 94.0. The Morgan fingerprint density at radius 2 is 1.55 bits per heavy atom. The van der Waals surface area contributed by atoms with Gasteiger partial charge in [0.2, 0.25) is 0 Å². The Kier molecular flexibility index (Phi) is 8.84. The summed E-state index contributed by atoms with van der Waals surface area (Å²) in [6, 6.07) is 12.2. The van der Waals surface area contributed by atoms with Crippen molar-refractivity contribution < 1.29 is 40.3 Å². The van der Waals surface area contributed by atoms with E-state index >= 15 is 0 Å². The number of aryl methyl sites for hydroxylation is 1. The first-order chi connectivity index (χ1) is 19.6. The molecule has 1 heterocycles. The van der Waals surface area contributed by atoms with Gasteiger partial charge in [-0.25, -0.2) is 9.18 Å². The SMILES string of the molecule is Cc1cc(F)ccc1[C@H]1C[C@@H](NC(=O)c2ccccc2)CCN1C(=O)N(C)Cc1cc(C(F)(F)F)cc(C(F)(F)F)c1. The summed E-state index contributed by atoms with van der Waals surface area (Å²) in [7, 11) is 1.29. The van der Waals surface area contributed by atoms with Crippen molar-refractivity contribution in [2.24, 2.45) is 0 Å². The fourth-order valence-corrected chi connectivity index (χ4v) is 5.16. The molecule has 0 unspecified atom stereocenters. The fraction of sp³-hybridized carbons (Fsp3) is 0.333. The Hall–Kier alpha value is -4.09. The smallest absolute Gasteiger partial charge is 0.349 e. The number of hydrogen-bond donors (Lipinski definition) is 1. The van der Waals surface area contributed by atoms with Crippen molar-refractivity contribution in [3.63, 3.8) is 0 Å². The number of amides is 3. The highest BCUT2D eigenvalue weighted by Crippen LogP contribution is 2.37. The molecule has 1 aliphatic heterocycles. The maximum atomic E-state index is 13.9. The van der Waals surface area contributed by atoms with Gasteiger partial charge < -0.3 is 15.1 Å². The van der Waals surface area contributed by atoms with Gasteiger partial charge in [-0.1, -0.05) is 24.3 Å². The summed E-state index contributed by atoms with van der Waals surface area (Å²) >= 11 is 0. The molecule has 0 bridgehead atoms. The standard InChI is InChI=1S/C30H28F7N3O2/c1-18-12-23(31)8-9-25(18)26-16-24(38-27(41)20-6-4-3-5-7-20)10-11-40(26)28(42)39(2)17-19-13-21(29(32,33)34)15-22(14-19)30(35,36)37/h3-9,12-15,24,26H,10-11,16-17H2,1-2H3,(H,38,41)/t24-,26+/m0/s1. The van der Waals surface area contributed by atoms with E-state index in [1.807, 2.05) is 0 Å². The van der Waals surface area contributed by atoms with E-state index in [-0.39, 0.29) is 36.5 Å². The molecule has 0 radical (unpaired) electrons. The molecule has 1 saturated heterocycles. The molecule has 42 heavy (non-hydrogen) atoms. The second kappa shape index (κ2) is 12.0. The summed E-state index contributed by atoms with van der Waals surface area (Å²) in [5.74, 6) is -0.793. The van der Waals surface area contributed by atoms with E-state index in [2.05, 4.69) is 5.32 Å². The van der Waals surface area contributed by atoms with Crippen LogP contribution in [0.4, 0.5) is 35.5 Å². The van der Waals surface area contributed by atoms with E-state index < -0.39 is 47.9 Å². The molecule has 0 saturated carbocycles. The molecule has 1 fully saturated rings. The van der Waals surface area contributed by atoms with Crippen molar-refractivity contribution >= 4 is 11.9 Å². The summed E-state index contributed by atoms with van der Waals surface area (Å²) in [5, 5.41) is 2.96. The van der Waals surface area contributed by atoms with Crippen LogP contribution in [-0.4, -0.2) is 41.4 Å². The minimum Gasteiger partial charge on any atom is -0.349 e. The van der Waals surface area contributed by atoms with Gasteiger partial charge in [-0.3, -0.25) is 4.79 Å². The van der Waals surface area contributed by atoms with Crippen LogP contribution in [0.15, 0.2) is 66.7 Å². The molecule has 3 amide bonds. The monoisotopic (exact) mass is 595 g/mol. The molecule has 0 aromatic heterocycles. The summed E-state index contributed by atoms with van der Waals surface area (Å²) in [5.41, 5.74) is -1.68. The van der Waals surface area contributed by atoms with E-state index in [4.69, 9.17) is 0 Å². The quantitative estimate of drug-likeness (QED) is 0.314. The van der Waals surface area contributed by atoms with Gasteiger partial charge in [0.05, 0.1) is 17.2 Å². The zero-order valence-electron chi connectivity index (χ0n) is 22.7. The van der Waals surface area contributed by atoms with Gasteiger partial charge in [0.1, 0.15) is 5.82 Å². The molecular weight excluding hydrogens is 567 g/mol. The maximum absolute atomic E-state index is 13.9. The molecular formula is C30H28F7N3O2. The van der Waals surface area contributed by atoms with Gasteiger partial charge in [0.15, 0.2) is 0 Å². The number of nitrogens with zero attached hydrogens (tertiary/aromatic N) is 2. The highest BCUT2D eigenvalue weighted by molar-refractivity contribution is 5.94. The van der Waals surface area contributed by atoms with Crippen molar-refractivity contribution in [3.05, 3.63) is 106 Å². The summed E-state index contributed by atoms with van der Waals surface area (Å²) in [6.07, 6.45) is -9.44. The molecule has 12 heteroatoms. The number of likely N-dealkylation sites (tertiary alicyclic amines) is 1. The van der Waals surface area contributed by atoms with Crippen LogP contribution in [0.3, 0.4) is 0 Å². The van der Waals surface area contributed by atoms with E-state index in [0.717, 1.165) is 4.90 Å². The highest BCUT2D eigenvalue weighted by atomic mass is 19.4. The van der Waals surface area contributed by atoms with E-state index in [1.54, 1.807) is 37.3 Å². The second-order valence-corrected chi connectivity index (χ2v) is 10.3. The average Bonchev–Trinajstić information content (AvgIpc) is 2.92. The third kappa shape index (κ3) is 7.21. The fourth-order valence-electron chi connectivity index (χ4n) is 5.16. The molecule has 0 aliphatic carbocycles. The van der Waals surface area contributed by atoms with Gasteiger partial charge in [-0.2, -0.15) is 26.3 Å². The lowest BCUT2D eigenvalue weighted by Crippen LogP contribution is -2.51. The Labute approximate surface area is 237 Å². The summed E-state index contributed by atoms with van der Waals surface area (Å²) in [6.45, 7) is 1.27. The number of halogens is 7. The number of carbonyl (C=O) groups is 2. The largest absolute Gasteiger partial charge is 0.416 e. The number of urea groups is 1. The zero-order valence-corrected chi connectivity index (χ0v) is 22.7. The van der Waals surface area contributed by atoms with Crippen LogP contribution in [-0.2, 0) is 18.9 Å². The van der Waals surface area contributed by atoms with Crippen molar-refractivity contribution in [3.8, 4) is 0 Å². The number of rotatable bonds is 5. The lowest BCUT2D eigenvalue weighted by Gasteiger charge is -2.42. The van der Waals surface area contributed by atoms with E-state index in [0.29, 0.717) is 35.2 Å². The molecule has 0 spiro atoms. The second-order valence-electron chi connectivity index (χ2n) is 10.3. The van der Waals surface area contributed by atoms with Crippen molar-refractivity contribution in [1.29, 1.82) is 0 Å². The van der Waals surface area contributed by atoms with Crippen LogP contribution in [0.1, 0.15) is 57.1 Å². The van der Waals surface area contributed by atoms with Gasteiger partial charge in [-0.15, -0.1) is 0 Å². The van der Waals surface area contributed by atoms with Crippen LogP contribution >= 0.6 is 0 Å². The van der Waals surface area contributed by atoms with Gasteiger partial charge in [-0.05, 0) is 78.9 Å². The Balaban J connectivity index is 1.59. The first-order valence-corrected chi connectivity index (χ1v) is 13.1. The van der Waals surface area contributed by atoms with Crippen molar-refractivity contribution in [2.45, 2.75) is 50.7 Å². The summed E-state index contributed by atoms with van der Waals surface area (Å²) in [4.78, 5) is 28.9. The molecule has 3 aromatic carbocycles. The Morgan fingerprint density at radius 3 is 2.12 bits per heavy atom. The molecule has 2 atom stereocenters. The van der Waals surface area contributed by atoms with Crippen LogP contribution in [0.2, 0.25) is 0 Å². The van der Waals surface area contributed by atoms with Gasteiger partial charge >= 0.3 is 18.4 Å². The predicted molar refractivity (Wildman–Crippen MR) is 141 cm³/mol. The van der Waals surface area contributed by atoms with Crippen LogP contribution in [0, 0.1) is 12.7 Å². The third-order valence-electron chi connectivity index (χ3n) is 7.20. The van der Waals surface area contributed by atoms with E-state index in [1.165, 1.54) is 30.1 Å². The van der Waals surface area contributed by atoms with E-state index in [9.17, 15) is 40.3 Å². The zero-order chi connectivity index (χ0) is 30.8. The minimum absolute atomic E-state index is 0.0349. The topological polar surface area (TPSA) is 52.7 Å². The third-order valence-corrected chi connectivity index (χ3v) is 7.20. The molecule has 5 nitrogen and oxygen atoms in total. The minimum atomic E-state index is -5.02. The van der Waals surface area contributed by atoms with Crippen molar-refractivity contribution in [2.75, 3.05) is 13.6 Å². The first kappa shape index (κ1) is 30.9. The molecule has 224 valence electrons. The number of piperidine rings is 1. The molecule has 3 aromatic rings. The van der Waals surface area contributed by atoms with Crippen LogP contribution in [0.25, 0.3) is 0 Å². The number of benzene rings is 3. The number of nitrogens with one attached hydrogen (secondary N) is 1. The first-order valence-electron chi connectivity index (χ1n) is 13.1. The average molecular weight is 596 g/mol. The molecule has 4 rings (SSSR count).